The van der Waals surface area contributed by atoms with E-state index in [0.29, 0.717) is 0 Å². The first-order chi connectivity index (χ1) is 8.36. The van der Waals surface area contributed by atoms with Gasteiger partial charge in [-0.05, 0) is 31.0 Å². The first-order valence-electron chi connectivity index (χ1n) is 5.38. The molecule has 1 aromatic rings. The molecule has 5 heteroatoms. The number of aliphatic hydroxyl groups is 1. The molecule has 0 heterocycles. The van der Waals surface area contributed by atoms with E-state index in [2.05, 4.69) is 11.9 Å². The third-order valence-corrected chi connectivity index (χ3v) is 2.52. The summed E-state index contributed by atoms with van der Waals surface area (Å²) in [6.45, 7) is 4.08. The van der Waals surface area contributed by atoms with E-state index in [0.717, 1.165) is 5.56 Å². The van der Waals surface area contributed by atoms with E-state index >= 15 is 0 Å². The molecule has 0 spiro atoms. The van der Waals surface area contributed by atoms with Crippen molar-refractivity contribution in [3.63, 3.8) is 0 Å². The summed E-state index contributed by atoms with van der Waals surface area (Å²) in [5, 5.41) is 11.6. The fourth-order valence-corrected chi connectivity index (χ4v) is 1.53. The highest BCUT2D eigenvalue weighted by atomic mass is 19.1. The van der Waals surface area contributed by atoms with Crippen LogP contribution in [0.5, 0.6) is 0 Å². The Kier molecular flexibility index (Phi) is 4.55. The minimum absolute atomic E-state index is 0.253. The van der Waals surface area contributed by atoms with Crippen molar-refractivity contribution in [2.45, 2.75) is 18.9 Å². The van der Waals surface area contributed by atoms with Crippen LogP contribution in [-0.2, 0) is 11.2 Å². The standard InChI is InChI=1S/C13H15F2NO2/c1-9(14)12(18)16-13(2,8-17)7-10-3-5-11(15)6-4-10/h3-6,17H,1,7-8H2,2H3,(H,16,18). The number of halogens is 2. The van der Waals surface area contributed by atoms with Gasteiger partial charge in [0.25, 0.3) is 5.91 Å². The lowest BCUT2D eigenvalue weighted by Crippen LogP contribution is -2.50. The van der Waals surface area contributed by atoms with Gasteiger partial charge < -0.3 is 10.4 Å². The number of hydrogen-bond acceptors (Lipinski definition) is 2. The van der Waals surface area contributed by atoms with E-state index in [4.69, 9.17) is 0 Å². The number of carbonyl (C=O) groups excluding carboxylic acids is 1. The predicted octanol–water partition coefficient (Wildman–Crippen LogP) is 1.72. The number of rotatable bonds is 5. The topological polar surface area (TPSA) is 49.3 Å². The lowest BCUT2D eigenvalue weighted by atomic mass is 9.93. The van der Waals surface area contributed by atoms with Crippen molar-refractivity contribution >= 4 is 5.91 Å². The van der Waals surface area contributed by atoms with Gasteiger partial charge in [-0.2, -0.15) is 0 Å². The zero-order chi connectivity index (χ0) is 13.8. The minimum Gasteiger partial charge on any atom is -0.394 e. The molecule has 0 aliphatic carbocycles. The second kappa shape index (κ2) is 5.73. The average Bonchev–Trinajstić information content (AvgIpc) is 2.32. The summed E-state index contributed by atoms with van der Waals surface area (Å²) in [5.41, 5.74) is -0.304. The van der Waals surface area contributed by atoms with Crippen molar-refractivity contribution in [3.8, 4) is 0 Å². The third kappa shape index (κ3) is 3.92. The SMILES string of the molecule is C=C(F)C(=O)NC(C)(CO)Cc1ccc(F)cc1. The molecule has 0 saturated carbocycles. The van der Waals surface area contributed by atoms with Gasteiger partial charge in [0.15, 0.2) is 5.83 Å². The van der Waals surface area contributed by atoms with Gasteiger partial charge in [-0.1, -0.05) is 18.7 Å². The molecule has 1 atom stereocenters. The molecule has 0 aromatic heterocycles. The Bertz CT molecular complexity index is 445. The predicted molar refractivity (Wildman–Crippen MR) is 64.0 cm³/mol. The van der Waals surface area contributed by atoms with Crippen molar-refractivity contribution in [1.29, 1.82) is 0 Å². The Morgan fingerprint density at radius 3 is 2.44 bits per heavy atom. The largest absolute Gasteiger partial charge is 0.394 e. The van der Waals surface area contributed by atoms with Crippen molar-refractivity contribution in [2.75, 3.05) is 6.61 Å². The van der Waals surface area contributed by atoms with Crippen LogP contribution in [0.1, 0.15) is 12.5 Å². The number of benzene rings is 1. The summed E-state index contributed by atoms with van der Waals surface area (Å²) in [4.78, 5) is 11.2. The Hall–Kier alpha value is -1.75. The highest BCUT2D eigenvalue weighted by Gasteiger charge is 2.27. The zero-order valence-electron chi connectivity index (χ0n) is 10.0. The molecule has 1 aromatic carbocycles. The number of carbonyl (C=O) groups is 1. The van der Waals surface area contributed by atoms with E-state index in [1.165, 1.54) is 12.1 Å². The van der Waals surface area contributed by atoms with E-state index in [1.807, 2.05) is 0 Å². The maximum atomic E-state index is 12.7. The van der Waals surface area contributed by atoms with Gasteiger partial charge >= 0.3 is 0 Å². The van der Waals surface area contributed by atoms with E-state index in [1.54, 1.807) is 19.1 Å². The summed E-state index contributed by atoms with van der Waals surface area (Å²) in [6, 6.07) is 5.64. The fourth-order valence-electron chi connectivity index (χ4n) is 1.53. The molecule has 0 radical (unpaired) electrons. The van der Waals surface area contributed by atoms with Crippen molar-refractivity contribution in [1.82, 2.24) is 5.32 Å². The first-order valence-corrected chi connectivity index (χ1v) is 5.38. The van der Waals surface area contributed by atoms with Crippen LogP contribution in [0.4, 0.5) is 8.78 Å². The van der Waals surface area contributed by atoms with Gasteiger partial charge in [0, 0.05) is 0 Å². The molecule has 2 N–H and O–H groups in total. The number of amides is 1. The molecule has 1 rings (SSSR count). The van der Waals surface area contributed by atoms with Crippen LogP contribution < -0.4 is 5.32 Å². The molecule has 0 bridgehead atoms. The van der Waals surface area contributed by atoms with Gasteiger partial charge in [-0.3, -0.25) is 4.79 Å². The van der Waals surface area contributed by atoms with Crippen LogP contribution in [-0.4, -0.2) is 23.2 Å². The van der Waals surface area contributed by atoms with Gasteiger partial charge in [-0.25, -0.2) is 8.78 Å². The van der Waals surface area contributed by atoms with E-state index in [9.17, 15) is 18.7 Å². The number of aliphatic hydroxyl groups excluding tert-OH is 1. The molecule has 1 unspecified atom stereocenters. The molecule has 0 fully saturated rings. The molecular weight excluding hydrogens is 240 g/mol. The van der Waals surface area contributed by atoms with Crippen LogP contribution >= 0.6 is 0 Å². The average molecular weight is 255 g/mol. The highest BCUT2D eigenvalue weighted by Crippen LogP contribution is 2.14. The first kappa shape index (κ1) is 14.3. The molecule has 0 saturated heterocycles. The molecule has 18 heavy (non-hydrogen) atoms. The monoisotopic (exact) mass is 255 g/mol. The second-order valence-corrected chi connectivity index (χ2v) is 4.38. The summed E-state index contributed by atoms with van der Waals surface area (Å²) in [5.74, 6) is -2.45. The van der Waals surface area contributed by atoms with E-state index < -0.39 is 17.3 Å². The van der Waals surface area contributed by atoms with Crippen LogP contribution in [0, 0.1) is 5.82 Å². The highest BCUT2D eigenvalue weighted by molar-refractivity contribution is 5.91. The summed E-state index contributed by atoms with van der Waals surface area (Å²) >= 11 is 0. The third-order valence-electron chi connectivity index (χ3n) is 2.52. The summed E-state index contributed by atoms with van der Waals surface area (Å²) in [6.07, 6.45) is 0.253. The lowest BCUT2D eigenvalue weighted by molar-refractivity contribution is -0.121. The van der Waals surface area contributed by atoms with Gasteiger partial charge in [0.05, 0.1) is 12.1 Å². The van der Waals surface area contributed by atoms with E-state index in [-0.39, 0.29) is 18.8 Å². The van der Waals surface area contributed by atoms with Crippen LogP contribution in [0.3, 0.4) is 0 Å². The Balaban J connectivity index is 2.79. The molecule has 98 valence electrons. The number of hydrogen-bond donors (Lipinski definition) is 2. The minimum atomic E-state index is -1.12. The normalized spacial score (nSPS) is 13.8. The van der Waals surface area contributed by atoms with Crippen LogP contribution in [0.15, 0.2) is 36.7 Å². The maximum absolute atomic E-state index is 12.7. The molecule has 1 amide bonds. The quantitative estimate of drug-likeness (QED) is 0.787. The summed E-state index contributed by atoms with van der Waals surface area (Å²) < 4.78 is 25.4. The lowest BCUT2D eigenvalue weighted by Gasteiger charge is -2.28. The fraction of sp³-hybridized carbons (Fsp3) is 0.308. The van der Waals surface area contributed by atoms with Crippen molar-refractivity contribution in [3.05, 3.63) is 48.1 Å². The number of nitrogens with one attached hydrogen (secondary N) is 1. The summed E-state index contributed by atoms with van der Waals surface area (Å²) in [7, 11) is 0. The Morgan fingerprint density at radius 2 is 2.00 bits per heavy atom. The van der Waals surface area contributed by atoms with Gasteiger partial charge in [0.2, 0.25) is 0 Å². The second-order valence-electron chi connectivity index (χ2n) is 4.38. The van der Waals surface area contributed by atoms with Crippen LogP contribution in [0.25, 0.3) is 0 Å². The van der Waals surface area contributed by atoms with Gasteiger partial charge in [0.1, 0.15) is 5.82 Å². The van der Waals surface area contributed by atoms with Crippen LogP contribution in [0.2, 0.25) is 0 Å². The van der Waals surface area contributed by atoms with Crippen molar-refractivity contribution in [2.24, 2.45) is 0 Å². The van der Waals surface area contributed by atoms with Gasteiger partial charge in [-0.15, -0.1) is 0 Å². The van der Waals surface area contributed by atoms with Crippen molar-refractivity contribution < 1.29 is 18.7 Å². The zero-order valence-corrected chi connectivity index (χ0v) is 10.0. The maximum Gasteiger partial charge on any atom is 0.279 e. The smallest absolute Gasteiger partial charge is 0.279 e. The molecule has 0 aliphatic rings. The molecule has 3 nitrogen and oxygen atoms in total. The molecular formula is C13H15F2NO2. The Labute approximate surface area is 104 Å². The molecule has 0 aliphatic heterocycles. The Morgan fingerprint density at radius 1 is 1.44 bits per heavy atom.